The van der Waals surface area contributed by atoms with Crippen molar-refractivity contribution in [2.75, 3.05) is 17.7 Å². The summed E-state index contributed by atoms with van der Waals surface area (Å²) >= 11 is 5.87. The van der Waals surface area contributed by atoms with Crippen LogP contribution in [-0.4, -0.2) is 22.9 Å². The first-order valence-corrected chi connectivity index (χ1v) is 6.05. The van der Waals surface area contributed by atoms with Gasteiger partial charge in [0.05, 0.1) is 0 Å². The number of hydrogen-bond acceptors (Lipinski definition) is 4. The van der Waals surface area contributed by atoms with Gasteiger partial charge in [-0.2, -0.15) is 0 Å². The van der Waals surface area contributed by atoms with E-state index in [9.17, 15) is 4.79 Å². The van der Waals surface area contributed by atoms with Crippen molar-refractivity contribution in [2.24, 2.45) is 0 Å². The molecule has 5 nitrogen and oxygen atoms in total. The van der Waals surface area contributed by atoms with Crippen molar-refractivity contribution in [2.45, 2.75) is 6.92 Å². The van der Waals surface area contributed by atoms with Gasteiger partial charge in [-0.25, -0.2) is 4.98 Å². The lowest BCUT2D eigenvalue weighted by atomic mass is 10.2. The predicted molar refractivity (Wildman–Crippen MR) is 75.7 cm³/mol. The van der Waals surface area contributed by atoms with Crippen LogP contribution in [0.2, 0.25) is 5.15 Å². The number of amides is 1. The number of pyridine rings is 2. The summed E-state index contributed by atoms with van der Waals surface area (Å²) in [4.78, 5) is 20.1. The van der Waals surface area contributed by atoms with Crippen molar-refractivity contribution in [1.29, 1.82) is 0 Å². The zero-order valence-corrected chi connectivity index (χ0v) is 11.3. The van der Waals surface area contributed by atoms with E-state index in [0.717, 1.165) is 11.3 Å². The van der Waals surface area contributed by atoms with Gasteiger partial charge < -0.3 is 10.6 Å². The molecule has 0 spiro atoms. The van der Waals surface area contributed by atoms with Gasteiger partial charge in [-0.3, -0.25) is 9.78 Å². The number of carbonyl (C=O) groups excluding carboxylic acids is 1. The molecule has 0 saturated heterocycles. The first kappa shape index (κ1) is 13.3. The zero-order valence-electron chi connectivity index (χ0n) is 10.6. The lowest BCUT2D eigenvalue weighted by molar-refractivity contribution is 0.102. The highest BCUT2D eigenvalue weighted by Crippen LogP contribution is 2.17. The monoisotopic (exact) mass is 276 g/mol. The summed E-state index contributed by atoms with van der Waals surface area (Å²) in [5.41, 5.74) is 2.06. The Kier molecular flexibility index (Phi) is 3.97. The number of aromatic nitrogens is 2. The molecule has 0 saturated carbocycles. The number of halogens is 1. The fraction of sp³-hybridized carbons (Fsp3) is 0.154. The number of nitrogens with one attached hydrogen (secondary N) is 2. The highest BCUT2D eigenvalue weighted by atomic mass is 35.5. The summed E-state index contributed by atoms with van der Waals surface area (Å²) in [5.74, 6) is 0.305. The second kappa shape index (κ2) is 5.67. The Morgan fingerprint density at radius 3 is 2.84 bits per heavy atom. The molecule has 0 atom stereocenters. The molecule has 0 aliphatic heterocycles. The Hall–Kier alpha value is -2.14. The normalized spacial score (nSPS) is 10.1. The molecule has 0 fully saturated rings. The number of nitrogens with zero attached hydrogens (tertiary/aromatic N) is 2. The number of rotatable bonds is 3. The van der Waals surface area contributed by atoms with Gasteiger partial charge in [0.1, 0.15) is 11.0 Å². The summed E-state index contributed by atoms with van der Waals surface area (Å²) in [6, 6.07) is 4.90. The van der Waals surface area contributed by atoms with Crippen molar-refractivity contribution in [3.8, 4) is 0 Å². The maximum atomic E-state index is 12.1. The Bertz CT molecular complexity index is 615. The van der Waals surface area contributed by atoms with Crippen LogP contribution in [0.15, 0.2) is 30.6 Å². The summed E-state index contributed by atoms with van der Waals surface area (Å²) < 4.78 is 0. The standard InChI is InChI=1S/C13H13ClN4O/c1-8-7-16-4-3-10(8)17-13(19)9-5-11(14)18-12(6-9)15-2/h3-7H,1-2H3,(H,15,18)(H,16,17,19). The van der Waals surface area contributed by atoms with Crippen LogP contribution in [0.1, 0.15) is 15.9 Å². The molecule has 2 rings (SSSR count). The predicted octanol–water partition coefficient (Wildman–Crippen LogP) is 2.73. The van der Waals surface area contributed by atoms with Gasteiger partial charge in [0.2, 0.25) is 0 Å². The van der Waals surface area contributed by atoms with Crippen LogP contribution in [0.25, 0.3) is 0 Å². The Balaban J connectivity index is 2.25. The van der Waals surface area contributed by atoms with E-state index in [2.05, 4.69) is 20.6 Å². The number of anilines is 2. The fourth-order valence-corrected chi connectivity index (χ4v) is 1.77. The number of hydrogen-bond donors (Lipinski definition) is 2. The van der Waals surface area contributed by atoms with Crippen LogP contribution >= 0.6 is 11.6 Å². The molecule has 0 radical (unpaired) electrons. The van der Waals surface area contributed by atoms with E-state index in [4.69, 9.17) is 11.6 Å². The number of aryl methyl sites for hydroxylation is 1. The smallest absolute Gasteiger partial charge is 0.255 e. The minimum Gasteiger partial charge on any atom is -0.373 e. The van der Waals surface area contributed by atoms with E-state index >= 15 is 0 Å². The molecule has 0 unspecified atom stereocenters. The molecular weight excluding hydrogens is 264 g/mol. The highest BCUT2D eigenvalue weighted by molar-refractivity contribution is 6.30. The van der Waals surface area contributed by atoms with E-state index in [1.54, 1.807) is 31.6 Å². The third-order valence-corrected chi connectivity index (χ3v) is 2.77. The molecule has 6 heteroatoms. The van der Waals surface area contributed by atoms with E-state index in [0.29, 0.717) is 11.4 Å². The Morgan fingerprint density at radius 2 is 2.16 bits per heavy atom. The van der Waals surface area contributed by atoms with E-state index in [1.165, 1.54) is 6.07 Å². The van der Waals surface area contributed by atoms with Crippen LogP contribution in [0.3, 0.4) is 0 Å². The van der Waals surface area contributed by atoms with Crippen molar-refractivity contribution >= 4 is 29.0 Å². The topological polar surface area (TPSA) is 66.9 Å². The maximum absolute atomic E-state index is 12.1. The molecule has 0 aromatic carbocycles. The minimum absolute atomic E-state index is 0.241. The third-order valence-electron chi connectivity index (χ3n) is 2.58. The van der Waals surface area contributed by atoms with Gasteiger partial charge in [0, 0.05) is 30.7 Å². The summed E-state index contributed by atoms with van der Waals surface area (Å²) in [6.45, 7) is 1.88. The minimum atomic E-state index is -0.241. The molecule has 2 heterocycles. The van der Waals surface area contributed by atoms with Gasteiger partial charge in [-0.1, -0.05) is 11.6 Å². The molecule has 2 N–H and O–H groups in total. The summed E-state index contributed by atoms with van der Waals surface area (Å²) in [6.07, 6.45) is 3.31. The zero-order chi connectivity index (χ0) is 13.8. The van der Waals surface area contributed by atoms with Crippen LogP contribution in [0.4, 0.5) is 11.5 Å². The molecule has 0 aliphatic rings. The van der Waals surface area contributed by atoms with Gasteiger partial charge in [-0.15, -0.1) is 0 Å². The largest absolute Gasteiger partial charge is 0.373 e. The molecule has 98 valence electrons. The molecule has 2 aromatic heterocycles. The fourth-order valence-electron chi connectivity index (χ4n) is 1.56. The first-order chi connectivity index (χ1) is 9.10. The Labute approximate surface area is 116 Å². The molecule has 19 heavy (non-hydrogen) atoms. The van der Waals surface area contributed by atoms with Crippen molar-refractivity contribution in [3.63, 3.8) is 0 Å². The average molecular weight is 277 g/mol. The number of carbonyl (C=O) groups is 1. The molecule has 2 aromatic rings. The van der Waals surface area contributed by atoms with Crippen LogP contribution in [-0.2, 0) is 0 Å². The molecule has 1 amide bonds. The molecular formula is C13H13ClN4O. The van der Waals surface area contributed by atoms with Gasteiger partial charge in [0.25, 0.3) is 5.91 Å². The van der Waals surface area contributed by atoms with E-state index in [1.807, 2.05) is 6.92 Å². The highest BCUT2D eigenvalue weighted by Gasteiger charge is 2.10. The lowest BCUT2D eigenvalue weighted by Crippen LogP contribution is -2.13. The average Bonchev–Trinajstić information content (AvgIpc) is 2.40. The maximum Gasteiger partial charge on any atom is 0.255 e. The van der Waals surface area contributed by atoms with Crippen molar-refractivity contribution in [1.82, 2.24) is 9.97 Å². The van der Waals surface area contributed by atoms with Crippen LogP contribution < -0.4 is 10.6 Å². The van der Waals surface area contributed by atoms with Crippen molar-refractivity contribution in [3.05, 3.63) is 46.9 Å². The van der Waals surface area contributed by atoms with Crippen molar-refractivity contribution < 1.29 is 4.79 Å². The van der Waals surface area contributed by atoms with E-state index in [-0.39, 0.29) is 11.1 Å². The second-order valence-corrected chi connectivity index (χ2v) is 4.35. The van der Waals surface area contributed by atoms with Gasteiger partial charge in [-0.05, 0) is 30.7 Å². The van der Waals surface area contributed by atoms with Crippen LogP contribution in [0, 0.1) is 6.92 Å². The van der Waals surface area contributed by atoms with Gasteiger partial charge in [0.15, 0.2) is 0 Å². The third kappa shape index (κ3) is 3.20. The first-order valence-electron chi connectivity index (χ1n) is 5.67. The Morgan fingerprint density at radius 1 is 1.37 bits per heavy atom. The summed E-state index contributed by atoms with van der Waals surface area (Å²) in [7, 11) is 1.72. The SMILES string of the molecule is CNc1cc(C(=O)Nc2ccncc2C)cc(Cl)n1. The lowest BCUT2D eigenvalue weighted by Gasteiger charge is -2.09. The quantitative estimate of drug-likeness (QED) is 0.846. The molecule has 0 bridgehead atoms. The van der Waals surface area contributed by atoms with E-state index < -0.39 is 0 Å². The second-order valence-electron chi connectivity index (χ2n) is 3.96. The summed E-state index contributed by atoms with van der Waals surface area (Å²) in [5, 5.41) is 5.93. The molecule has 0 aliphatic carbocycles. The van der Waals surface area contributed by atoms with Crippen LogP contribution in [0.5, 0.6) is 0 Å². The van der Waals surface area contributed by atoms with Gasteiger partial charge >= 0.3 is 0 Å².